The van der Waals surface area contributed by atoms with Crippen molar-refractivity contribution in [3.05, 3.63) is 29.3 Å². The first-order chi connectivity index (χ1) is 9.08. The van der Waals surface area contributed by atoms with Crippen LogP contribution in [-0.4, -0.2) is 29.8 Å². The predicted molar refractivity (Wildman–Crippen MR) is 73.6 cm³/mol. The van der Waals surface area contributed by atoms with Crippen molar-refractivity contribution >= 4 is 5.97 Å². The van der Waals surface area contributed by atoms with E-state index in [1.54, 1.807) is 0 Å². The summed E-state index contributed by atoms with van der Waals surface area (Å²) in [6.45, 7) is 4.42. The lowest BCUT2D eigenvalue weighted by Gasteiger charge is -2.16. The smallest absolute Gasteiger partial charge is 0.320 e. The molecule has 1 aliphatic carbocycles. The maximum absolute atomic E-state index is 11.1. The van der Waals surface area contributed by atoms with Crippen LogP contribution in [0.1, 0.15) is 30.4 Å². The summed E-state index contributed by atoms with van der Waals surface area (Å²) in [5.41, 5.74) is 2.17. The summed E-state index contributed by atoms with van der Waals surface area (Å²) >= 11 is 0. The van der Waals surface area contributed by atoms with E-state index in [4.69, 9.17) is 9.84 Å². The highest BCUT2D eigenvalue weighted by Gasteiger charge is 2.28. The molecular formula is C15H21NO3. The maximum Gasteiger partial charge on any atom is 0.320 e. The van der Waals surface area contributed by atoms with E-state index in [1.165, 1.54) is 0 Å². The van der Waals surface area contributed by atoms with Crippen molar-refractivity contribution in [3.63, 3.8) is 0 Å². The molecule has 0 heterocycles. The van der Waals surface area contributed by atoms with Crippen LogP contribution in [0.25, 0.3) is 0 Å². The monoisotopic (exact) mass is 263 g/mol. The van der Waals surface area contributed by atoms with Gasteiger partial charge in [-0.1, -0.05) is 18.2 Å². The molecule has 1 fully saturated rings. The quantitative estimate of drug-likeness (QED) is 0.792. The van der Waals surface area contributed by atoms with Crippen LogP contribution in [0, 0.1) is 13.8 Å². The van der Waals surface area contributed by atoms with E-state index in [0.717, 1.165) is 29.7 Å². The lowest BCUT2D eigenvalue weighted by atomic mass is 10.1. The van der Waals surface area contributed by atoms with Crippen molar-refractivity contribution in [2.24, 2.45) is 0 Å². The standard InChI is InChI=1S/C15H21NO3/c1-10-4-3-5-11(2)14(10)19-9-8-13(15(17)18)16-12-6-7-12/h3-5,12-13,16H,6-9H2,1-2H3,(H,17,18). The summed E-state index contributed by atoms with van der Waals surface area (Å²) in [5.74, 6) is 0.0788. The fourth-order valence-corrected chi connectivity index (χ4v) is 2.12. The number of ether oxygens (including phenoxy) is 1. The van der Waals surface area contributed by atoms with Gasteiger partial charge >= 0.3 is 5.97 Å². The van der Waals surface area contributed by atoms with E-state index in [0.29, 0.717) is 19.1 Å². The SMILES string of the molecule is Cc1cccc(C)c1OCCC(NC1CC1)C(=O)O. The van der Waals surface area contributed by atoms with Gasteiger partial charge in [-0.15, -0.1) is 0 Å². The molecule has 1 unspecified atom stereocenters. The van der Waals surface area contributed by atoms with Gasteiger partial charge in [0.25, 0.3) is 0 Å². The molecule has 0 aromatic heterocycles. The van der Waals surface area contributed by atoms with Crippen molar-refractivity contribution in [3.8, 4) is 5.75 Å². The first-order valence-corrected chi connectivity index (χ1v) is 6.76. The van der Waals surface area contributed by atoms with Crippen LogP contribution in [0.15, 0.2) is 18.2 Å². The molecule has 0 radical (unpaired) electrons. The van der Waals surface area contributed by atoms with Crippen LogP contribution in [0.4, 0.5) is 0 Å². The van der Waals surface area contributed by atoms with Crippen molar-refractivity contribution in [2.45, 2.75) is 45.2 Å². The van der Waals surface area contributed by atoms with Crippen molar-refractivity contribution in [1.82, 2.24) is 5.32 Å². The highest BCUT2D eigenvalue weighted by atomic mass is 16.5. The summed E-state index contributed by atoms with van der Waals surface area (Å²) in [6.07, 6.45) is 2.66. The van der Waals surface area contributed by atoms with Gasteiger partial charge in [0.15, 0.2) is 0 Å². The Balaban J connectivity index is 1.85. The number of para-hydroxylation sites is 1. The van der Waals surface area contributed by atoms with E-state index in [-0.39, 0.29) is 0 Å². The third kappa shape index (κ3) is 3.96. The Labute approximate surface area is 113 Å². The molecule has 1 aliphatic rings. The minimum absolute atomic E-state index is 0.390. The van der Waals surface area contributed by atoms with Crippen LogP contribution in [-0.2, 0) is 4.79 Å². The van der Waals surface area contributed by atoms with Gasteiger partial charge in [0, 0.05) is 12.5 Å². The average Bonchev–Trinajstić information content (AvgIpc) is 3.15. The lowest BCUT2D eigenvalue weighted by molar-refractivity contribution is -0.139. The minimum atomic E-state index is -0.794. The Bertz CT molecular complexity index is 434. The number of hydrogen-bond donors (Lipinski definition) is 2. The van der Waals surface area contributed by atoms with Gasteiger partial charge < -0.3 is 15.2 Å². The molecule has 0 spiro atoms. The lowest BCUT2D eigenvalue weighted by Crippen LogP contribution is -2.39. The largest absolute Gasteiger partial charge is 0.493 e. The highest BCUT2D eigenvalue weighted by molar-refractivity contribution is 5.73. The van der Waals surface area contributed by atoms with Crippen LogP contribution in [0.5, 0.6) is 5.75 Å². The van der Waals surface area contributed by atoms with Gasteiger partial charge in [0.2, 0.25) is 0 Å². The van der Waals surface area contributed by atoms with Gasteiger partial charge in [-0.05, 0) is 37.8 Å². The Kier molecular flexibility index (Phi) is 4.43. The summed E-state index contributed by atoms with van der Waals surface area (Å²) in [4.78, 5) is 11.1. The third-order valence-electron chi connectivity index (χ3n) is 3.37. The Morgan fingerprint density at radius 3 is 2.58 bits per heavy atom. The Morgan fingerprint density at radius 1 is 1.42 bits per heavy atom. The molecule has 0 aliphatic heterocycles. The molecule has 19 heavy (non-hydrogen) atoms. The second kappa shape index (κ2) is 6.06. The summed E-state index contributed by atoms with van der Waals surface area (Å²) in [6, 6.07) is 5.88. The molecule has 1 saturated carbocycles. The summed E-state index contributed by atoms with van der Waals surface area (Å²) in [7, 11) is 0. The zero-order valence-corrected chi connectivity index (χ0v) is 11.5. The van der Waals surface area contributed by atoms with E-state index in [9.17, 15) is 4.79 Å². The first kappa shape index (κ1) is 13.9. The van der Waals surface area contributed by atoms with Crippen LogP contribution in [0.2, 0.25) is 0 Å². The van der Waals surface area contributed by atoms with E-state index in [2.05, 4.69) is 5.32 Å². The Morgan fingerprint density at radius 2 is 2.05 bits per heavy atom. The van der Waals surface area contributed by atoms with Crippen LogP contribution in [0.3, 0.4) is 0 Å². The normalized spacial score (nSPS) is 16.1. The second-order valence-electron chi connectivity index (χ2n) is 5.19. The number of nitrogens with one attached hydrogen (secondary N) is 1. The minimum Gasteiger partial charge on any atom is -0.493 e. The molecule has 2 N–H and O–H groups in total. The average molecular weight is 263 g/mol. The van der Waals surface area contributed by atoms with Gasteiger partial charge in [-0.2, -0.15) is 0 Å². The summed E-state index contributed by atoms with van der Waals surface area (Å²) in [5, 5.41) is 12.3. The number of hydrogen-bond acceptors (Lipinski definition) is 3. The number of carbonyl (C=O) groups is 1. The molecule has 0 saturated heterocycles. The number of aryl methyl sites for hydroxylation is 2. The molecule has 1 aromatic carbocycles. The fraction of sp³-hybridized carbons (Fsp3) is 0.533. The molecule has 0 amide bonds. The van der Waals surface area contributed by atoms with Crippen molar-refractivity contribution in [1.29, 1.82) is 0 Å². The van der Waals surface area contributed by atoms with Crippen LogP contribution >= 0.6 is 0 Å². The van der Waals surface area contributed by atoms with Crippen molar-refractivity contribution in [2.75, 3.05) is 6.61 Å². The van der Waals surface area contributed by atoms with E-state index < -0.39 is 12.0 Å². The molecule has 104 valence electrons. The van der Waals surface area contributed by atoms with Gasteiger partial charge in [0.05, 0.1) is 6.61 Å². The molecule has 4 nitrogen and oxygen atoms in total. The molecule has 1 aromatic rings. The number of benzene rings is 1. The molecule has 4 heteroatoms. The first-order valence-electron chi connectivity index (χ1n) is 6.76. The molecular weight excluding hydrogens is 242 g/mol. The third-order valence-corrected chi connectivity index (χ3v) is 3.37. The zero-order chi connectivity index (χ0) is 13.8. The van der Waals surface area contributed by atoms with Gasteiger partial charge in [-0.25, -0.2) is 0 Å². The number of aliphatic carboxylic acids is 1. The maximum atomic E-state index is 11.1. The fourth-order valence-electron chi connectivity index (χ4n) is 2.12. The number of rotatable bonds is 7. The van der Waals surface area contributed by atoms with E-state index in [1.807, 2.05) is 32.0 Å². The molecule has 1 atom stereocenters. The summed E-state index contributed by atoms with van der Waals surface area (Å²) < 4.78 is 5.75. The van der Waals surface area contributed by atoms with Gasteiger partial charge in [0.1, 0.15) is 11.8 Å². The number of carboxylic acid groups (broad SMARTS) is 1. The van der Waals surface area contributed by atoms with Crippen molar-refractivity contribution < 1.29 is 14.6 Å². The molecule has 2 rings (SSSR count). The van der Waals surface area contributed by atoms with E-state index >= 15 is 0 Å². The van der Waals surface area contributed by atoms with Crippen LogP contribution < -0.4 is 10.1 Å². The predicted octanol–water partition coefficient (Wildman–Crippen LogP) is 2.28. The van der Waals surface area contributed by atoms with Gasteiger partial charge in [-0.3, -0.25) is 4.79 Å². The zero-order valence-electron chi connectivity index (χ0n) is 11.5. The second-order valence-corrected chi connectivity index (χ2v) is 5.19. The highest BCUT2D eigenvalue weighted by Crippen LogP contribution is 2.23. The Hall–Kier alpha value is -1.55. The topological polar surface area (TPSA) is 58.6 Å². The molecule has 0 bridgehead atoms. The number of carboxylic acids is 1.